The van der Waals surface area contributed by atoms with Gasteiger partial charge in [0, 0.05) is 32.0 Å². The SMILES string of the molecule is CN1CCN(C(=O)c2ccc(F)cn2)C[C@@H]1c1ncc[nH]1. The molecule has 1 aliphatic rings. The summed E-state index contributed by atoms with van der Waals surface area (Å²) in [5, 5.41) is 0. The van der Waals surface area contributed by atoms with Crippen LogP contribution in [0.15, 0.2) is 30.7 Å². The van der Waals surface area contributed by atoms with Gasteiger partial charge in [0.25, 0.3) is 5.91 Å². The Morgan fingerprint density at radius 1 is 1.38 bits per heavy atom. The zero-order chi connectivity index (χ0) is 14.8. The maximum atomic E-state index is 12.9. The second kappa shape index (κ2) is 5.61. The smallest absolute Gasteiger partial charge is 0.272 e. The molecule has 2 aromatic heterocycles. The van der Waals surface area contributed by atoms with E-state index in [0.717, 1.165) is 18.6 Å². The molecule has 0 radical (unpaired) electrons. The lowest BCUT2D eigenvalue weighted by molar-refractivity contribution is 0.0529. The number of carbonyl (C=O) groups excluding carboxylic acids is 1. The second-order valence-electron chi connectivity index (χ2n) is 5.08. The van der Waals surface area contributed by atoms with Crippen LogP contribution in [-0.2, 0) is 0 Å². The van der Waals surface area contributed by atoms with E-state index in [1.807, 2.05) is 7.05 Å². The fourth-order valence-electron chi connectivity index (χ4n) is 2.48. The Hall–Kier alpha value is -2.28. The highest BCUT2D eigenvalue weighted by molar-refractivity contribution is 5.92. The molecule has 0 aromatic carbocycles. The van der Waals surface area contributed by atoms with Crippen LogP contribution in [0.5, 0.6) is 0 Å². The van der Waals surface area contributed by atoms with E-state index in [0.29, 0.717) is 13.1 Å². The number of hydrogen-bond acceptors (Lipinski definition) is 4. The highest BCUT2D eigenvalue weighted by atomic mass is 19.1. The largest absolute Gasteiger partial charge is 0.347 e. The zero-order valence-corrected chi connectivity index (χ0v) is 11.7. The molecule has 3 rings (SSSR count). The van der Waals surface area contributed by atoms with E-state index in [1.54, 1.807) is 17.3 Å². The van der Waals surface area contributed by atoms with Crippen LogP contribution >= 0.6 is 0 Å². The first-order valence-electron chi connectivity index (χ1n) is 6.75. The topological polar surface area (TPSA) is 65.1 Å². The van der Waals surface area contributed by atoms with E-state index >= 15 is 0 Å². The van der Waals surface area contributed by atoms with Crippen LogP contribution in [0.1, 0.15) is 22.4 Å². The molecule has 1 fully saturated rings. The van der Waals surface area contributed by atoms with Crippen molar-refractivity contribution in [1.29, 1.82) is 0 Å². The molecule has 0 bridgehead atoms. The number of halogens is 1. The molecule has 3 heterocycles. The highest BCUT2D eigenvalue weighted by Gasteiger charge is 2.30. The monoisotopic (exact) mass is 289 g/mol. The highest BCUT2D eigenvalue weighted by Crippen LogP contribution is 2.22. The fraction of sp³-hybridized carbons (Fsp3) is 0.357. The van der Waals surface area contributed by atoms with Crippen LogP contribution in [0.3, 0.4) is 0 Å². The molecular weight excluding hydrogens is 273 g/mol. The van der Waals surface area contributed by atoms with Gasteiger partial charge in [-0.3, -0.25) is 9.69 Å². The summed E-state index contributed by atoms with van der Waals surface area (Å²) in [5.74, 6) is 0.208. The second-order valence-corrected chi connectivity index (χ2v) is 5.08. The molecule has 110 valence electrons. The first-order valence-corrected chi connectivity index (χ1v) is 6.75. The Kier molecular flexibility index (Phi) is 3.66. The molecule has 1 atom stereocenters. The third-order valence-corrected chi connectivity index (χ3v) is 3.72. The molecule has 2 aromatic rings. The Labute approximate surface area is 121 Å². The summed E-state index contributed by atoms with van der Waals surface area (Å²) in [7, 11) is 2.01. The number of piperazine rings is 1. The van der Waals surface area contributed by atoms with Crippen molar-refractivity contribution in [2.75, 3.05) is 26.7 Å². The normalized spacial score (nSPS) is 19.7. The minimum atomic E-state index is -0.446. The predicted octanol–water partition coefficient (Wildman–Crippen LogP) is 1.07. The zero-order valence-electron chi connectivity index (χ0n) is 11.7. The molecule has 1 amide bonds. The molecule has 1 saturated heterocycles. The molecule has 0 aliphatic carbocycles. The average molecular weight is 289 g/mol. The molecule has 1 aliphatic heterocycles. The maximum Gasteiger partial charge on any atom is 0.272 e. The lowest BCUT2D eigenvalue weighted by Gasteiger charge is -2.38. The summed E-state index contributed by atoms with van der Waals surface area (Å²) in [6.45, 7) is 1.89. The van der Waals surface area contributed by atoms with Crippen molar-refractivity contribution in [3.8, 4) is 0 Å². The number of carbonyl (C=O) groups is 1. The van der Waals surface area contributed by atoms with Crippen LogP contribution < -0.4 is 0 Å². The van der Waals surface area contributed by atoms with E-state index in [2.05, 4.69) is 19.9 Å². The number of rotatable bonds is 2. The van der Waals surface area contributed by atoms with Gasteiger partial charge in [-0.05, 0) is 19.2 Å². The van der Waals surface area contributed by atoms with Gasteiger partial charge >= 0.3 is 0 Å². The van der Waals surface area contributed by atoms with Crippen molar-refractivity contribution >= 4 is 5.91 Å². The van der Waals surface area contributed by atoms with E-state index < -0.39 is 5.82 Å². The van der Waals surface area contributed by atoms with Crippen LogP contribution in [0.25, 0.3) is 0 Å². The number of H-pyrrole nitrogens is 1. The van der Waals surface area contributed by atoms with Gasteiger partial charge in [-0.25, -0.2) is 14.4 Å². The van der Waals surface area contributed by atoms with Crippen molar-refractivity contribution in [2.24, 2.45) is 0 Å². The van der Waals surface area contributed by atoms with Gasteiger partial charge < -0.3 is 9.88 Å². The number of nitrogens with one attached hydrogen (secondary N) is 1. The van der Waals surface area contributed by atoms with Crippen molar-refractivity contribution in [2.45, 2.75) is 6.04 Å². The summed E-state index contributed by atoms with van der Waals surface area (Å²) in [4.78, 5) is 27.5. The minimum Gasteiger partial charge on any atom is -0.347 e. The van der Waals surface area contributed by atoms with Gasteiger partial charge in [-0.2, -0.15) is 0 Å². The van der Waals surface area contributed by atoms with Gasteiger partial charge in [-0.1, -0.05) is 0 Å². The first kappa shape index (κ1) is 13.7. The maximum absolute atomic E-state index is 12.9. The van der Waals surface area contributed by atoms with Crippen molar-refractivity contribution in [1.82, 2.24) is 24.8 Å². The lowest BCUT2D eigenvalue weighted by atomic mass is 10.1. The van der Waals surface area contributed by atoms with Crippen LogP contribution in [-0.4, -0.2) is 57.3 Å². The quantitative estimate of drug-likeness (QED) is 0.898. The van der Waals surface area contributed by atoms with Crippen molar-refractivity contribution < 1.29 is 9.18 Å². The number of amides is 1. The number of aromatic amines is 1. The fourth-order valence-corrected chi connectivity index (χ4v) is 2.48. The van der Waals surface area contributed by atoms with Crippen LogP contribution in [0.4, 0.5) is 4.39 Å². The Morgan fingerprint density at radius 3 is 2.90 bits per heavy atom. The summed E-state index contributed by atoms with van der Waals surface area (Å²) < 4.78 is 12.9. The molecule has 21 heavy (non-hydrogen) atoms. The molecule has 0 unspecified atom stereocenters. The predicted molar refractivity (Wildman–Crippen MR) is 74.1 cm³/mol. The van der Waals surface area contributed by atoms with E-state index in [-0.39, 0.29) is 17.6 Å². The number of pyridine rings is 1. The summed E-state index contributed by atoms with van der Waals surface area (Å²) in [6.07, 6.45) is 4.53. The number of hydrogen-bond donors (Lipinski definition) is 1. The Morgan fingerprint density at radius 2 is 2.24 bits per heavy atom. The summed E-state index contributed by atoms with van der Waals surface area (Å²) in [5.41, 5.74) is 0.263. The first-order chi connectivity index (χ1) is 10.1. The van der Waals surface area contributed by atoms with Crippen molar-refractivity contribution in [3.05, 3.63) is 48.1 Å². The average Bonchev–Trinajstić information content (AvgIpc) is 3.02. The molecule has 7 heteroatoms. The number of imidazole rings is 1. The summed E-state index contributed by atoms with van der Waals surface area (Å²) >= 11 is 0. The third-order valence-electron chi connectivity index (χ3n) is 3.72. The minimum absolute atomic E-state index is 0.0261. The van der Waals surface area contributed by atoms with E-state index in [9.17, 15) is 9.18 Å². The number of aromatic nitrogens is 3. The third kappa shape index (κ3) is 2.78. The van der Waals surface area contributed by atoms with Gasteiger partial charge in [0.2, 0.25) is 0 Å². The molecule has 1 N–H and O–H groups in total. The van der Waals surface area contributed by atoms with Crippen molar-refractivity contribution in [3.63, 3.8) is 0 Å². The molecule has 0 saturated carbocycles. The van der Waals surface area contributed by atoms with Gasteiger partial charge in [0.05, 0.1) is 12.2 Å². The molecule has 0 spiro atoms. The molecule has 6 nitrogen and oxygen atoms in total. The van der Waals surface area contributed by atoms with Crippen LogP contribution in [0, 0.1) is 5.82 Å². The summed E-state index contributed by atoms with van der Waals surface area (Å²) in [6, 6.07) is 2.69. The Bertz CT molecular complexity index is 613. The van der Waals surface area contributed by atoms with Gasteiger partial charge in [0.15, 0.2) is 0 Å². The van der Waals surface area contributed by atoms with E-state index in [1.165, 1.54) is 12.1 Å². The van der Waals surface area contributed by atoms with E-state index in [4.69, 9.17) is 0 Å². The Balaban J connectivity index is 1.77. The van der Waals surface area contributed by atoms with Gasteiger partial charge in [-0.15, -0.1) is 0 Å². The number of nitrogens with zero attached hydrogens (tertiary/aromatic N) is 4. The standard InChI is InChI=1S/C14H16FN5O/c1-19-6-7-20(9-12(19)13-16-4-5-17-13)14(21)11-3-2-10(15)8-18-11/h2-5,8,12H,6-7,9H2,1H3,(H,16,17)/t12-/m1/s1. The van der Waals surface area contributed by atoms with Gasteiger partial charge in [0.1, 0.15) is 17.3 Å². The number of likely N-dealkylation sites (N-methyl/N-ethyl adjacent to an activating group) is 1. The lowest BCUT2D eigenvalue weighted by Crippen LogP contribution is -2.49. The molecular formula is C14H16FN5O. The van der Waals surface area contributed by atoms with Crippen LogP contribution in [0.2, 0.25) is 0 Å².